The van der Waals surface area contributed by atoms with E-state index in [1.54, 1.807) is 6.07 Å². The second kappa shape index (κ2) is 10.6. The van der Waals surface area contributed by atoms with E-state index in [-0.39, 0.29) is 12.6 Å². The molecule has 3 heterocycles. The molecule has 1 atom stereocenters. The van der Waals surface area contributed by atoms with Crippen LogP contribution in [0.15, 0.2) is 36.4 Å². The third-order valence-corrected chi connectivity index (χ3v) is 5.81. The van der Waals surface area contributed by atoms with E-state index in [2.05, 4.69) is 41.0 Å². The quantitative estimate of drug-likeness (QED) is 0.284. The standard InChI is InChI=1S/C26H29N5O5/c1-5-6-8-15(2)27-24-16(3)28-21-10-7-9-18(23(21)30-24)22-13-19-20(29-22)11-12-31(25(19)33)26(34)36-14-35-17(4)32/h6-10,13,15,29H,5,11-12,14H2,1-4H3,(H,27,30)/b8-6+/t15-/m0/s1. The number of H-pyrrole nitrogens is 1. The van der Waals surface area contributed by atoms with Crippen LogP contribution < -0.4 is 5.32 Å². The average Bonchev–Trinajstić information content (AvgIpc) is 3.28. The van der Waals surface area contributed by atoms with E-state index in [1.165, 1.54) is 6.92 Å². The highest BCUT2D eigenvalue weighted by molar-refractivity contribution is 6.06. The van der Waals surface area contributed by atoms with Gasteiger partial charge in [-0.25, -0.2) is 19.7 Å². The summed E-state index contributed by atoms with van der Waals surface area (Å²) in [6, 6.07) is 7.52. The number of ether oxygens (including phenoxy) is 2. The predicted molar refractivity (Wildman–Crippen MR) is 134 cm³/mol. The summed E-state index contributed by atoms with van der Waals surface area (Å²) >= 11 is 0. The molecule has 1 aromatic carbocycles. The molecular formula is C26H29N5O5. The van der Waals surface area contributed by atoms with E-state index in [9.17, 15) is 14.4 Å². The SMILES string of the molecule is CC/C=C/[C@H](C)Nc1nc2c(-c3cc4c([nH]3)CCN(C(=O)OCOC(C)=O)C4=O)cccc2nc1C. The Morgan fingerprint density at radius 1 is 1.25 bits per heavy atom. The van der Waals surface area contributed by atoms with E-state index in [0.29, 0.717) is 29.0 Å². The van der Waals surface area contributed by atoms with Gasteiger partial charge in [0.2, 0.25) is 6.79 Å². The van der Waals surface area contributed by atoms with E-state index in [1.807, 2.05) is 25.1 Å². The summed E-state index contributed by atoms with van der Waals surface area (Å²) < 4.78 is 9.51. The number of carbonyl (C=O) groups is 3. The fourth-order valence-corrected chi connectivity index (χ4v) is 4.04. The Morgan fingerprint density at radius 3 is 2.81 bits per heavy atom. The highest BCUT2D eigenvalue weighted by Crippen LogP contribution is 2.31. The molecule has 0 bridgehead atoms. The maximum absolute atomic E-state index is 13.0. The molecular weight excluding hydrogens is 462 g/mol. The summed E-state index contributed by atoms with van der Waals surface area (Å²) in [5, 5.41) is 3.40. The van der Waals surface area contributed by atoms with Gasteiger partial charge in [-0.3, -0.25) is 9.59 Å². The molecule has 0 unspecified atom stereocenters. The number of allylic oxidation sites excluding steroid dienone is 1. The van der Waals surface area contributed by atoms with Crippen LogP contribution in [0, 0.1) is 6.92 Å². The number of esters is 1. The molecule has 0 radical (unpaired) electrons. The zero-order chi connectivity index (χ0) is 25.8. The summed E-state index contributed by atoms with van der Waals surface area (Å²) in [7, 11) is 0. The van der Waals surface area contributed by atoms with E-state index in [0.717, 1.165) is 33.8 Å². The lowest BCUT2D eigenvalue weighted by atomic mass is 10.1. The number of fused-ring (bicyclic) bond motifs is 2. The Labute approximate surface area is 208 Å². The van der Waals surface area contributed by atoms with Crippen molar-refractivity contribution in [2.45, 2.75) is 46.6 Å². The second-order valence-electron chi connectivity index (χ2n) is 8.55. The van der Waals surface area contributed by atoms with Crippen molar-refractivity contribution in [3.05, 3.63) is 53.4 Å². The number of nitrogens with one attached hydrogen (secondary N) is 2. The van der Waals surface area contributed by atoms with Crippen LogP contribution >= 0.6 is 0 Å². The van der Waals surface area contributed by atoms with Crippen molar-refractivity contribution in [3.8, 4) is 11.3 Å². The summed E-state index contributed by atoms with van der Waals surface area (Å²) in [4.78, 5) is 50.2. The van der Waals surface area contributed by atoms with Gasteiger partial charge in [-0.1, -0.05) is 31.2 Å². The first kappa shape index (κ1) is 24.9. The minimum Gasteiger partial charge on any atom is -0.428 e. The van der Waals surface area contributed by atoms with Crippen LogP contribution in [-0.4, -0.2) is 57.2 Å². The van der Waals surface area contributed by atoms with Crippen molar-refractivity contribution in [2.24, 2.45) is 0 Å². The Bertz CT molecular complexity index is 1350. The van der Waals surface area contributed by atoms with E-state index >= 15 is 0 Å². The van der Waals surface area contributed by atoms with Crippen LogP contribution in [0.2, 0.25) is 0 Å². The molecule has 0 aliphatic carbocycles. The molecule has 3 aromatic rings. The molecule has 188 valence electrons. The number of rotatable bonds is 7. The van der Waals surface area contributed by atoms with Crippen molar-refractivity contribution >= 4 is 34.8 Å². The number of carbonyl (C=O) groups excluding carboxylic acids is 3. The van der Waals surface area contributed by atoms with Crippen LogP contribution in [0.25, 0.3) is 22.3 Å². The van der Waals surface area contributed by atoms with E-state index < -0.39 is 24.8 Å². The smallest absolute Gasteiger partial charge is 0.419 e. The highest BCUT2D eigenvalue weighted by Gasteiger charge is 2.32. The molecule has 0 saturated carbocycles. The number of benzene rings is 1. The Balaban J connectivity index is 1.63. The van der Waals surface area contributed by atoms with Gasteiger partial charge in [0.15, 0.2) is 0 Å². The molecule has 2 aromatic heterocycles. The molecule has 0 fully saturated rings. The number of para-hydroxylation sites is 1. The summed E-state index contributed by atoms with van der Waals surface area (Å²) in [5.74, 6) is -0.367. The fourth-order valence-electron chi connectivity index (χ4n) is 4.04. The number of aryl methyl sites for hydroxylation is 1. The first-order valence-electron chi connectivity index (χ1n) is 11.8. The molecule has 0 spiro atoms. The van der Waals surface area contributed by atoms with Crippen molar-refractivity contribution in [2.75, 3.05) is 18.7 Å². The predicted octanol–water partition coefficient (Wildman–Crippen LogP) is 4.36. The third kappa shape index (κ3) is 5.22. The van der Waals surface area contributed by atoms with Gasteiger partial charge < -0.3 is 19.8 Å². The topological polar surface area (TPSA) is 127 Å². The summed E-state index contributed by atoms with van der Waals surface area (Å²) in [6.45, 7) is 6.87. The lowest BCUT2D eigenvalue weighted by Gasteiger charge is -2.23. The molecule has 10 nitrogen and oxygen atoms in total. The number of imide groups is 1. The van der Waals surface area contributed by atoms with Crippen molar-refractivity contribution in [3.63, 3.8) is 0 Å². The molecule has 1 aliphatic rings. The minimum atomic E-state index is -0.858. The average molecular weight is 492 g/mol. The van der Waals surface area contributed by atoms with Crippen LogP contribution in [0.4, 0.5) is 10.6 Å². The summed E-state index contributed by atoms with van der Waals surface area (Å²) in [6.07, 6.45) is 4.72. The summed E-state index contributed by atoms with van der Waals surface area (Å²) in [5.41, 5.74) is 4.84. The molecule has 10 heteroatoms. The maximum Gasteiger partial charge on any atom is 0.419 e. The van der Waals surface area contributed by atoms with Crippen molar-refractivity contribution in [1.29, 1.82) is 0 Å². The lowest BCUT2D eigenvalue weighted by Crippen LogP contribution is -2.42. The molecule has 2 amide bonds. The number of nitrogens with zero attached hydrogens (tertiary/aromatic N) is 3. The normalized spacial score (nSPS) is 14.1. The van der Waals surface area contributed by atoms with Gasteiger partial charge >= 0.3 is 12.1 Å². The van der Waals surface area contributed by atoms with Gasteiger partial charge in [-0.15, -0.1) is 0 Å². The highest BCUT2D eigenvalue weighted by atomic mass is 16.7. The van der Waals surface area contributed by atoms with Gasteiger partial charge in [-0.05, 0) is 32.4 Å². The zero-order valence-electron chi connectivity index (χ0n) is 20.8. The molecule has 0 saturated heterocycles. The van der Waals surface area contributed by atoms with Crippen molar-refractivity contribution < 1.29 is 23.9 Å². The monoisotopic (exact) mass is 491 g/mol. The number of hydrogen-bond acceptors (Lipinski definition) is 8. The first-order valence-corrected chi connectivity index (χ1v) is 11.8. The largest absolute Gasteiger partial charge is 0.428 e. The van der Waals surface area contributed by atoms with Crippen LogP contribution in [0.1, 0.15) is 48.9 Å². The van der Waals surface area contributed by atoms with Gasteiger partial charge in [0.1, 0.15) is 11.3 Å². The first-order chi connectivity index (χ1) is 17.3. The van der Waals surface area contributed by atoms with Crippen LogP contribution in [-0.2, 0) is 20.7 Å². The number of hydrogen-bond donors (Lipinski definition) is 2. The molecule has 36 heavy (non-hydrogen) atoms. The minimum absolute atomic E-state index is 0.0876. The van der Waals surface area contributed by atoms with Gasteiger partial charge in [0.25, 0.3) is 5.91 Å². The Kier molecular flexibility index (Phi) is 7.33. The van der Waals surface area contributed by atoms with Crippen molar-refractivity contribution in [1.82, 2.24) is 19.9 Å². The lowest BCUT2D eigenvalue weighted by molar-refractivity contribution is -0.149. The fraction of sp³-hybridized carbons (Fsp3) is 0.346. The molecule has 4 rings (SSSR count). The third-order valence-electron chi connectivity index (χ3n) is 5.81. The zero-order valence-corrected chi connectivity index (χ0v) is 20.8. The number of aromatic amines is 1. The number of amides is 2. The number of aromatic nitrogens is 3. The maximum atomic E-state index is 13.0. The molecule has 1 aliphatic heterocycles. The van der Waals surface area contributed by atoms with E-state index in [4.69, 9.17) is 14.7 Å². The number of anilines is 1. The van der Waals surface area contributed by atoms with Crippen LogP contribution in [0.3, 0.4) is 0 Å². The van der Waals surface area contributed by atoms with Crippen LogP contribution in [0.5, 0.6) is 0 Å². The Morgan fingerprint density at radius 2 is 2.06 bits per heavy atom. The van der Waals surface area contributed by atoms with Gasteiger partial charge in [0.05, 0.1) is 16.8 Å². The molecule has 2 N–H and O–H groups in total. The van der Waals surface area contributed by atoms with Gasteiger partial charge in [-0.2, -0.15) is 0 Å². The van der Waals surface area contributed by atoms with Gasteiger partial charge in [0, 0.05) is 42.9 Å². The Hall–Kier alpha value is -4.21. The second-order valence-corrected chi connectivity index (χ2v) is 8.55.